The van der Waals surface area contributed by atoms with Crippen LogP contribution in [-0.2, 0) is 59.8 Å². The van der Waals surface area contributed by atoms with Gasteiger partial charge in [-0.05, 0) is 24.8 Å². The van der Waals surface area contributed by atoms with E-state index in [0.717, 1.165) is 0 Å². The van der Waals surface area contributed by atoms with Gasteiger partial charge in [0.25, 0.3) is 0 Å². The molecule has 10 N–H and O–H groups in total. The summed E-state index contributed by atoms with van der Waals surface area (Å²) in [5.41, 5.74) is -0.853. The van der Waals surface area contributed by atoms with Crippen LogP contribution < -0.4 is 0 Å². The standard InChI is InChI=1S/C13H12F5O6P.C13H17O7P.C6H11O7P/c14-8-6(9(15)11(17)12(18)10(8)16)4-25(23,24)3-5(13(21)22)1-2-7(19)20;14-12(15)7-6-11(13(16)17)9-21(18,19)20-8-10-4-2-1-3-5-10;7-5(8)2-1-4(6(9)10)3-14(11,12)13/h5H,1-4H2,(H,19,20)(H,21,22)(H,23,24);1-5,11H,6-9H2,(H,14,15)(H,16,17)(H,18,19);4H,1-3H2,(H,7,8)(H,9,10)(H2,11,12,13). The van der Waals surface area contributed by atoms with E-state index in [0.29, 0.717) is 5.56 Å². The Bertz CT molecular complexity index is 1950. The number of rotatable bonds is 23. The maximum Gasteiger partial charge on any atom is 0.329 e. The van der Waals surface area contributed by atoms with Crippen LogP contribution >= 0.6 is 22.6 Å². The second-order valence-electron chi connectivity index (χ2n) is 12.6. The number of carboxylic acid groups (broad SMARTS) is 6. The van der Waals surface area contributed by atoms with Gasteiger partial charge in [0.1, 0.15) is 0 Å². The summed E-state index contributed by atoms with van der Waals surface area (Å²) in [7, 11) is -13.2. The van der Waals surface area contributed by atoms with Crippen molar-refractivity contribution in [2.75, 3.05) is 18.5 Å². The van der Waals surface area contributed by atoms with Crippen molar-refractivity contribution in [3.8, 4) is 0 Å². The summed E-state index contributed by atoms with van der Waals surface area (Å²) in [6.45, 7) is -0.111. The Morgan fingerprint density at radius 3 is 1.23 bits per heavy atom. The molecule has 2 aromatic rings. The van der Waals surface area contributed by atoms with Gasteiger partial charge in [-0.2, -0.15) is 0 Å². The number of benzene rings is 2. The van der Waals surface area contributed by atoms with E-state index in [2.05, 4.69) is 0 Å². The Hall–Kier alpha value is -4.60. The second-order valence-corrected chi connectivity index (χ2v) is 18.5. The number of aliphatic carboxylic acids is 6. The molecule has 0 aliphatic heterocycles. The first-order valence-electron chi connectivity index (χ1n) is 16.6. The van der Waals surface area contributed by atoms with Gasteiger partial charge in [-0.25, -0.2) is 22.0 Å². The average molecular weight is 933 g/mol. The highest BCUT2D eigenvalue weighted by atomic mass is 31.2. The first-order chi connectivity index (χ1) is 27.4. The molecule has 0 heterocycles. The lowest BCUT2D eigenvalue weighted by Crippen LogP contribution is -2.20. The minimum absolute atomic E-state index is 0.111. The van der Waals surface area contributed by atoms with Gasteiger partial charge in [0, 0.05) is 31.0 Å². The minimum Gasteiger partial charge on any atom is -0.481 e. The van der Waals surface area contributed by atoms with Crippen molar-refractivity contribution in [3.63, 3.8) is 0 Å². The third-order valence-electron chi connectivity index (χ3n) is 7.56. The third kappa shape index (κ3) is 22.7. The Morgan fingerprint density at radius 1 is 0.533 bits per heavy atom. The predicted octanol–water partition coefficient (Wildman–Crippen LogP) is 4.40. The lowest BCUT2D eigenvalue weighted by atomic mass is 10.1. The molecule has 0 bridgehead atoms. The van der Waals surface area contributed by atoms with Crippen LogP contribution in [0.25, 0.3) is 0 Å². The zero-order chi connectivity index (χ0) is 46.8. The highest BCUT2D eigenvalue weighted by Crippen LogP contribution is 2.48. The molecule has 338 valence electrons. The van der Waals surface area contributed by atoms with Crippen LogP contribution in [0, 0.1) is 46.8 Å². The van der Waals surface area contributed by atoms with Crippen LogP contribution in [0.1, 0.15) is 49.7 Å². The van der Waals surface area contributed by atoms with Crippen molar-refractivity contribution in [1.29, 1.82) is 0 Å². The largest absolute Gasteiger partial charge is 0.481 e. The van der Waals surface area contributed by atoms with Gasteiger partial charge < -0.3 is 54.7 Å². The maximum atomic E-state index is 13.5. The van der Waals surface area contributed by atoms with Crippen LogP contribution in [0.5, 0.6) is 0 Å². The van der Waals surface area contributed by atoms with Crippen molar-refractivity contribution in [2.45, 2.75) is 51.3 Å². The summed E-state index contributed by atoms with van der Waals surface area (Å²) in [5.74, 6) is -23.9. The zero-order valence-electron chi connectivity index (χ0n) is 30.7. The van der Waals surface area contributed by atoms with Gasteiger partial charge in [-0.15, -0.1) is 0 Å². The molecule has 0 aliphatic carbocycles. The average Bonchev–Trinajstić information content (AvgIpc) is 3.13. The number of halogens is 5. The van der Waals surface area contributed by atoms with Crippen molar-refractivity contribution in [1.82, 2.24) is 0 Å². The van der Waals surface area contributed by atoms with E-state index < -0.39 is 155 Å². The molecule has 2 rings (SSSR count). The number of carboxylic acids is 6. The Morgan fingerprint density at radius 2 is 0.883 bits per heavy atom. The molecule has 0 aliphatic rings. The Kier molecular flexibility index (Phi) is 23.3. The molecule has 0 saturated carbocycles. The molecule has 28 heteroatoms. The number of carbonyl (C=O) groups is 6. The van der Waals surface area contributed by atoms with Crippen molar-refractivity contribution in [3.05, 3.63) is 70.5 Å². The summed E-state index contributed by atoms with van der Waals surface area (Å²) < 4.78 is 105. The van der Waals surface area contributed by atoms with Gasteiger partial charge in [0.15, 0.2) is 23.3 Å². The zero-order valence-corrected chi connectivity index (χ0v) is 33.4. The Labute approximate surface area is 335 Å². The Balaban J connectivity index is 0.000000906. The molecule has 0 aromatic heterocycles. The van der Waals surface area contributed by atoms with Crippen molar-refractivity contribution < 1.29 is 119 Å². The minimum atomic E-state index is -4.70. The summed E-state index contributed by atoms with van der Waals surface area (Å²) in [6, 6.07) is 8.69. The van der Waals surface area contributed by atoms with E-state index in [4.69, 9.17) is 44.9 Å². The normalized spacial score (nSPS) is 14.6. The molecule has 0 spiro atoms. The monoisotopic (exact) mass is 932 g/mol. The summed E-state index contributed by atoms with van der Waals surface area (Å²) >= 11 is 0. The number of hydrogen-bond donors (Lipinski definition) is 10. The van der Waals surface area contributed by atoms with Gasteiger partial charge in [0.2, 0.25) is 13.2 Å². The molecule has 0 saturated heterocycles. The second kappa shape index (κ2) is 25.2. The van der Waals surface area contributed by atoms with Crippen LogP contribution in [0.2, 0.25) is 0 Å². The van der Waals surface area contributed by atoms with Crippen LogP contribution in [0.15, 0.2) is 30.3 Å². The van der Waals surface area contributed by atoms with Gasteiger partial charge in [-0.1, -0.05) is 30.3 Å². The van der Waals surface area contributed by atoms with Crippen LogP contribution in [0.3, 0.4) is 0 Å². The molecule has 0 fully saturated rings. The number of hydrogen-bond acceptors (Lipinski definition) is 10. The fourth-order valence-corrected chi connectivity index (χ4v) is 8.78. The molecule has 5 unspecified atom stereocenters. The first kappa shape index (κ1) is 55.4. The molecular weight excluding hydrogens is 892 g/mol. The van der Waals surface area contributed by atoms with E-state index in [1.54, 1.807) is 30.3 Å². The summed E-state index contributed by atoms with van der Waals surface area (Å²) in [6.07, 6.45) is -6.51. The smallest absolute Gasteiger partial charge is 0.329 e. The predicted molar refractivity (Wildman–Crippen MR) is 191 cm³/mol. The molecule has 0 amide bonds. The first-order valence-corrected chi connectivity index (χ1v) is 22.2. The van der Waals surface area contributed by atoms with Gasteiger partial charge >= 0.3 is 51.0 Å². The fraction of sp³-hybridized carbons (Fsp3) is 0.438. The highest BCUT2D eigenvalue weighted by Gasteiger charge is 2.35. The lowest BCUT2D eigenvalue weighted by molar-refractivity contribution is -0.144. The van der Waals surface area contributed by atoms with Crippen LogP contribution in [-0.4, -0.2) is 105 Å². The highest BCUT2D eigenvalue weighted by molar-refractivity contribution is 7.57. The quantitative estimate of drug-likeness (QED) is 0.0319. The molecule has 5 atom stereocenters. The summed E-state index contributed by atoms with van der Waals surface area (Å²) in [4.78, 5) is 99.8. The van der Waals surface area contributed by atoms with E-state index in [-0.39, 0.29) is 25.9 Å². The van der Waals surface area contributed by atoms with E-state index in [9.17, 15) is 74.2 Å². The third-order valence-corrected chi connectivity index (χ3v) is 11.7. The molecule has 20 nitrogen and oxygen atoms in total. The van der Waals surface area contributed by atoms with Crippen molar-refractivity contribution >= 4 is 58.4 Å². The van der Waals surface area contributed by atoms with Gasteiger partial charge in [0.05, 0.1) is 42.8 Å². The molecular formula is C32H40F5O20P3. The van der Waals surface area contributed by atoms with E-state index in [1.807, 2.05) is 0 Å². The molecule has 60 heavy (non-hydrogen) atoms. The van der Waals surface area contributed by atoms with E-state index in [1.165, 1.54) is 0 Å². The lowest BCUT2D eigenvalue weighted by Gasteiger charge is -2.18. The maximum absolute atomic E-state index is 13.5. The molecule has 0 radical (unpaired) electrons. The molecule has 2 aromatic carbocycles. The fourth-order valence-electron chi connectivity index (χ4n) is 4.58. The SMILES string of the molecule is O=C(O)CCC(CP(=O)(O)Cc1c(F)c(F)c(F)c(F)c1F)C(=O)O.O=C(O)CCC(CP(=O)(O)O)C(=O)O.O=C(O)CCC(CP(=O)(O)OCc1ccccc1)C(=O)O. The van der Waals surface area contributed by atoms with E-state index >= 15 is 0 Å². The van der Waals surface area contributed by atoms with Gasteiger partial charge in [-0.3, -0.25) is 42.5 Å². The summed E-state index contributed by atoms with van der Waals surface area (Å²) in [5, 5.41) is 51.7. The topological polar surface area (TPSA) is 365 Å². The van der Waals surface area contributed by atoms with Crippen molar-refractivity contribution in [2.24, 2.45) is 17.8 Å². The van der Waals surface area contributed by atoms with Crippen LogP contribution in [0.4, 0.5) is 22.0 Å².